The second kappa shape index (κ2) is 8.67. The van der Waals surface area contributed by atoms with Gasteiger partial charge in [0, 0.05) is 16.0 Å². The van der Waals surface area contributed by atoms with Gasteiger partial charge in [-0.15, -0.1) is 11.8 Å². The summed E-state index contributed by atoms with van der Waals surface area (Å²) in [5.41, 5.74) is 4.26. The number of hydrogen-bond donors (Lipinski definition) is 0. The molecule has 0 fully saturated rings. The lowest BCUT2D eigenvalue weighted by Gasteiger charge is -2.37. The molecule has 2 aromatic rings. The number of thioether (sulfide) groups is 1. The number of carbonyl (C=O) groups is 1. The van der Waals surface area contributed by atoms with Crippen LogP contribution in [0.15, 0.2) is 47.4 Å². The zero-order valence-electron chi connectivity index (χ0n) is 16.3. The number of rotatable bonds is 4. The van der Waals surface area contributed by atoms with E-state index in [-0.39, 0.29) is 5.97 Å². The Kier molecular flexibility index (Phi) is 6.29. The lowest BCUT2D eigenvalue weighted by molar-refractivity contribution is 0.0526. The lowest BCUT2D eigenvalue weighted by Crippen LogP contribution is -2.28. The van der Waals surface area contributed by atoms with Crippen LogP contribution in [0.1, 0.15) is 67.1 Å². The summed E-state index contributed by atoms with van der Waals surface area (Å²) in [7, 11) is 0. The Morgan fingerprint density at radius 1 is 1.04 bits per heavy atom. The molecule has 0 atom stereocenters. The molecule has 0 saturated carbocycles. The number of benzene rings is 2. The zero-order valence-corrected chi connectivity index (χ0v) is 17.1. The first kappa shape index (κ1) is 19.6. The maximum atomic E-state index is 11.7. The minimum Gasteiger partial charge on any atom is -0.462 e. The van der Waals surface area contributed by atoms with E-state index >= 15 is 0 Å². The Morgan fingerprint density at radius 3 is 2.37 bits per heavy atom. The smallest absolute Gasteiger partial charge is 0.338 e. The first-order valence-electron chi connectivity index (χ1n) is 9.68. The Balaban J connectivity index is 1.85. The van der Waals surface area contributed by atoms with E-state index in [0.29, 0.717) is 17.6 Å². The fourth-order valence-electron chi connectivity index (χ4n) is 3.67. The molecule has 2 nitrogen and oxygen atoms in total. The van der Waals surface area contributed by atoms with E-state index in [1.807, 2.05) is 23.9 Å². The molecule has 0 unspecified atom stereocenters. The predicted molar refractivity (Wildman–Crippen MR) is 112 cm³/mol. The second-order valence-electron chi connectivity index (χ2n) is 6.84. The van der Waals surface area contributed by atoms with Crippen molar-refractivity contribution in [1.82, 2.24) is 0 Å². The Hall–Kier alpha value is -2.18. The molecule has 0 saturated heterocycles. The highest BCUT2D eigenvalue weighted by molar-refractivity contribution is 7.99. The van der Waals surface area contributed by atoms with Crippen molar-refractivity contribution >= 4 is 17.7 Å². The molecule has 1 aliphatic heterocycles. The van der Waals surface area contributed by atoms with Crippen molar-refractivity contribution < 1.29 is 9.53 Å². The van der Waals surface area contributed by atoms with Gasteiger partial charge in [0.1, 0.15) is 0 Å². The van der Waals surface area contributed by atoms with Gasteiger partial charge in [0.2, 0.25) is 0 Å². The molecule has 0 radical (unpaired) electrons. The highest BCUT2D eigenvalue weighted by atomic mass is 32.2. The van der Waals surface area contributed by atoms with E-state index in [1.54, 1.807) is 19.1 Å². The molecule has 0 amide bonds. The summed E-state index contributed by atoms with van der Waals surface area (Å²) < 4.78 is 5.01. The Labute approximate surface area is 166 Å². The van der Waals surface area contributed by atoms with Gasteiger partial charge in [-0.3, -0.25) is 0 Å². The maximum absolute atomic E-state index is 11.7. The van der Waals surface area contributed by atoms with Gasteiger partial charge >= 0.3 is 5.97 Å². The minimum absolute atomic E-state index is 0.291. The molecule has 3 heteroatoms. The van der Waals surface area contributed by atoms with E-state index in [2.05, 4.69) is 43.9 Å². The van der Waals surface area contributed by atoms with Crippen molar-refractivity contribution in [3.05, 3.63) is 64.7 Å². The highest BCUT2D eigenvalue weighted by Gasteiger charge is 2.33. The van der Waals surface area contributed by atoms with Crippen LogP contribution in [0.3, 0.4) is 0 Å². The van der Waals surface area contributed by atoms with Crippen LogP contribution >= 0.6 is 11.8 Å². The largest absolute Gasteiger partial charge is 0.462 e. The molecule has 0 N–H and O–H groups in total. The van der Waals surface area contributed by atoms with Crippen LogP contribution in [0, 0.1) is 11.8 Å². The Morgan fingerprint density at radius 2 is 1.70 bits per heavy atom. The molecule has 0 spiro atoms. The topological polar surface area (TPSA) is 26.3 Å². The average Bonchev–Trinajstić information content (AvgIpc) is 2.72. The first-order chi connectivity index (χ1) is 13.1. The fourth-order valence-corrected chi connectivity index (χ4v) is 4.98. The standard InChI is InChI=1S/C24H26O2S/c1-4-24(5-2)15-16-27-22-14-11-19(17-21(22)24)8-7-18-9-12-20(13-10-18)23(25)26-6-3/h9-14,17H,4-6,15-16H2,1-3H3. The van der Waals surface area contributed by atoms with Gasteiger partial charge in [0.15, 0.2) is 0 Å². The van der Waals surface area contributed by atoms with Crippen LogP contribution < -0.4 is 0 Å². The number of carbonyl (C=O) groups excluding carboxylic acids is 1. The van der Waals surface area contributed by atoms with Crippen LogP contribution in [0.2, 0.25) is 0 Å². The van der Waals surface area contributed by atoms with Gasteiger partial charge in [0.25, 0.3) is 0 Å². The molecule has 27 heavy (non-hydrogen) atoms. The summed E-state index contributed by atoms with van der Waals surface area (Å²) in [6, 6.07) is 13.9. The third kappa shape index (κ3) is 4.22. The summed E-state index contributed by atoms with van der Waals surface area (Å²) in [6.45, 7) is 6.79. The van der Waals surface area contributed by atoms with Crippen molar-refractivity contribution in [3.8, 4) is 11.8 Å². The molecule has 1 aliphatic rings. The number of fused-ring (bicyclic) bond motifs is 1. The molecule has 2 aromatic carbocycles. The Bertz CT molecular complexity index is 867. The normalized spacial score (nSPS) is 14.6. The third-order valence-electron chi connectivity index (χ3n) is 5.49. The van der Waals surface area contributed by atoms with Crippen molar-refractivity contribution in [3.63, 3.8) is 0 Å². The van der Waals surface area contributed by atoms with Gasteiger partial charge < -0.3 is 4.74 Å². The second-order valence-corrected chi connectivity index (χ2v) is 7.98. The number of esters is 1. The lowest BCUT2D eigenvalue weighted by atomic mass is 9.73. The van der Waals surface area contributed by atoms with Crippen molar-refractivity contribution in [2.24, 2.45) is 0 Å². The summed E-state index contributed by atoms with van der Waals surface area (Å²) in [6.07, 6.45) is 3.58. The van der Waals surface area contributed by atoms with Crippen LogP contribution in [0.4, 0.5) is 0 Å². The molecular weight excluding hydrogens is 352 g/mol. The highest BCUT2D eigenvalue weighted by Crippen LogP contribution is 2.46. The molecule has 140 valence electrons. The van der Waals surface area contributed by atoms with Gasteiger partial charge in [-0.05, 0) is 85.4 Å². The summed E-state index contributed by atoms with van der Waals surface area (Å²) in [5, 5.41) is 0. The summed E-state index contributed by atoms with van der Waals surface area (Å²) >= 11 is 1.96. The number of ether oxygens (including phenoxy) is 1. The van der Waals surface area contributed by atoms with Gasteiger partial charge in [0.05, 0.1) is 12.2 Å². The van der Waals surface area contributed by atoms with Crippen LogP contribution in [-0.2, 0) is 10.2 Å². The van der Waals surface area contributed by atoms with E-state index in [4.69, 9.17) is 4.74 Å². The molecular formula is C24H26O2S. The molecule has 1 heterocycles. The van der Waals surface area contributed by atoms with Gasteiger partial charge in [-0.2, -0.15) is 0 Å². The predicted octanol–water partition coefficient (Wildman–Crippen LogP) is 5.82. The van der Waals surface area contributed by atoms with Crippen molar-refractivity contribution in [2.45, 2.75) is 50.3 Å². The molecule has 0 bridgehead atoms. The molecule has 3 rings (SSSR count). The summed E-state index contributed by atoms with van der Waals surface area (Å²) in [5.74, 6) is 7.42. The molecule has 0 aromatic heterocycles. The van der Waals surface area contributed by atoms with E-state index in [0.717, 1.165) is 11.1 Å². The zero-order chi connectivity index (χ0) is 19.3. The average molecular weight is 379 g/mol. The van der Waals surface area contributed by atoms with E-state index < -0.39 is 0 Å². The number of hydrogen-bond acceptors (Lipinski definition) is 3. The van der Waals surface area contributed by atoms with Crippen molar-refractivity contribution in [2.75, 3.05) is 12.4 Å². The van der Waals surface area contributed by atoms with Crippen LogP contribution in [-0.4, -0.2) is 18.3 Å². The first-order valence-corrected chi connectivity index (χ1v) is 10.7. The van der Waals surface area contributed by atoms with Gasteiger partial charge in [-0.25, -0.2) is 4.79 Å². The van der Waals surface area contributed by atoms with E-state index in [9.17, 15) is 4.79 Å². The third-order valence-corrected chi connectivity index (χ3v) is 6.57. The van der Waals surface area contributed by atoms with Crippen molar-refractivity contribution in [1.29, 1.82) is 0 Å². The quantitative estimate of drug-likeness (QED) is 0.495. The fraction of sp³-hybridized carbons (Fsp3) is 0.375. The maximum Gasteiger partial charge on any atom is 0.338 e. The SMILES string of the molecule is CCOC(=O)c1ccc(C#Cc2ccc3c(c2)C(CC)(CC)CCS3)cc1. The van der Waals surface area contributed by atoms with E-state index in [1.165, 1.54) is 35.5 Å². The minimum atomic E-state index is -0.292. The van der Waals surface area contributed by atoms with Gasteiger partial charge in [-0.1, -0.05) is 25.7 Å². The van der Waals surface area contributed by atoms with Crippen LogP contribution in [0.5, 0.6) is 0 Å². The summed E-state index contributed by atoms with van der Waals surface area (Å²) in [4.78, 5) is 13.1. The monoisotopic (exact) mass is 378 g/mol. The molecule has 0 aliphatic carbocycles. The van der Waals surface area contributed by atoms with Crippen LogP contribution in [0.25, 0.3) is 0 Å².